The minimum absolute atomic E-state index is 0.00975. The molecule has 1 unspecified atom stereocenters. The summed E-state index contributed by atoms with van der Waals surface area (Å²) < 4.78 is 0. The van der Waals surface area contributed by atoms with Gasteiger partial charge in [-0.25, -0.2) is 9.97 Å². The first-order chi connectivity index (χ1) is 8.15. The summed E-state index contributed by atoms with van der Waals surface area (Å²) >= 11 is 7.27. The van der Waals surface area contributed by atoms with Gasteiger partial charge in [-0.1, -0.05) is 23.4 Å². The third kappa shape index (κ3) is 3.43. The normalized spacial score (nSPS) is 12.4. The average Bonchev–Trinajstić information content (AvgIpc) is 2.32. The molecule has 0 amide bonds. The van der Waals surface area contributed by atoms with Crippen molar-refractivity contribution in [1.29, 1.82) is 0 Å². The Bertz CT molecular complexity index is 499. The van der Waals surface area contributed by atoms with Crippen LogP contribution in [0.1, 0.15) is 18.5 Å². The second-order valence-corrected chi connectivity index (χ2v) is 5.11. The third-order valence-corrected chi connectivity index (χ3v) is 3.30. The van der Waals surface area contributed by atoms with Gasteiger partial charge in [-0.05, 0) is 36.8 Å². The number of rotatable bonds is 3. The van der Waals surface area contributed by atoms with E-state index in [1.807, 2.05) is 31.2 Å². The lowest BCUT2D eigenvalue weighted by atomic mass is 10.1. The van der Waals surface area contributed by atoms with Gasteiger partial charge in [0.25, 0.3) is 0 Å². The molecule has 2 aromatic rings. The fraction of sp³-hybridized carbons (Fsp3) is 0.167. The second kappa shape index (κ2) is 5.49. The van der Waals surface area contributed by atoms with E-state index in [1.54, 1.807) is 12.4 Å². The molecule has 17 heavy (non-hydrogen) atoms. The Morgan fingerprint density at radius 2 is 2.06 bits per heavy atom. The van der Waals surface area contributed by atoms with Crippen LogP contribution in [0.15, 0.2) is 46.7 Å². The molecular weight excluding hydrogens is 254 g/mol. The molecule has 88 valence electrons. The van der Waals surface area contributed by atoms with Crippen molar-refractivity contribution in [3.05, 3.63) is 47.2 Å². The van der Waals surface area contributed by atoms with E-state index in [4.69, 9.17) is 17.3 Å². The molecule has 0 bridgehead atoms. The van der Waals surface area contributed by atoms with E-state index in [9.17, 15) is 0 Å². The molecule has 3 nitrogen and oxygen atoms in total. The van der Waals surface area contributed by atoms with Crippen LogP contribution in [0, 0.1) is 0 Å². The summed E-state index contributed by atoms with van der Waals surface area (Å²) in [5.74, 6) is 0. The summed E-state index contributed by atoms with van der Waals surface area (Å²) in [5.41, 5.74) is 6.89. The number of hydrogen-bond donors (Lipinski definition) is 1. The maximum absolute atomic E-state index is 5.83. The van der Waals surface area contributed by atoms with E-state index >= 15 is 0 Å². The number of hydrogen-bond acceptors (Lipinski definition) is 4. The molecule has 2 aromatic heterocycles. The van der Waals surface area contributed by atoms with E-state index in [0.29, 0.717) is 5.02 Å². The van der Waals surface area contributed by atoms with Gasteiger partial charge in [0, 0.05) is 18.4 Å². The SMILES string of the molecule is CC(N)c1ccnc(Sc2ccc(Cl)cn2)c1. The standard InChI is InChI=1S/C12H12ClN3S/c1-8(14)9-4-5-15-12(6-9)17-11-3-2-10(13)7-16-11/h2-8H,14H2,1H3. The molecule has 0 radical (unpaired) electrons. The quantitative estimate of drug-likeness (QED) is 0.925. The van der Waals surface area contributed by atoms with Crippen LogP contribution >= 0.6 is 23.4 Å². The highest BCUT2D eigenvalue weighted by atomic mass is 35.5. The molecule has 0 aromatic carbocycles. The smallest absolute Gasteiger partial charge is 0.102 e. The predicted octanol–water partition coefficient (Wildman–Crippen LogP) is 3.30. The molecule has 0 aliphatic rings. The van der Waals surface area contributed by atoms with Gasteiger partial charge < -0.3 is 5.73 Å². The lowest BCUT2D eigenvalue weighted by Gasteiger charge is -2.06. The largest absolute Gasteiger partial charge is 0.324 e. The highest BCUT2D eigenvalue weighted by Gasteiger charge is 2.04. The molecule has 1 atom stereocenters. The summed E-state index contributed by atoms with van der Waals surface area (Å²) in [6.07, 6.45) is 3.39. The third-order valence-electron chi connectivity index (χ3n) is 2.19. The van der Waals surface area contributed by atoms with Crippen LogP contribution in [0.2, 0.25) is 5.02 Å². The van der Waals surface area contributed by atoms with Crippen molar-refractivity contribution >= 4 is 23.4 Å². The fourth-order valence-corrected chi connectivity index (χ4v) is 2.17. The van der Waals surface area contributed by atoms with Crippen LogP contribution in [0.4, 0.5) is 0 Å². The van der Waals surface area contributed by atoms with E-state index in [-0.39, 0.29) is 6.04 Å². The molecule has 0 aliphatic heterocycles. The first kappa shape index (κ1) is 12.4. The van der Waals surface area contributed by atoms with E-state index < -0.39 is 0 Å². The molecule has 0 saturated carbocycles. The average molecular weight is 266 g/mol. The van der Waals surface area contributed by atoms with Crippen molar-refractivity contribution in [2.75, 3.05) is 0 Å². The summed E-state index contributed by atoms with van der Waals surface area (Å²) in [7, 11) is 0. The molecule has 0 fully saturated rings. The van der Waals surface area contributed by atoms with Crippen LogP contribution in [0.3, 0.4) is 0 Å². The van der Waals surface area contributed by atoms with E-state index in [2.05, 4.69) is 9.97 Å². The van der Waals surface area contributed by atoms with Crippen molar-refractivity contribution in [1.82, 2.24) is 9.97 Å². The Morgan fingerprint density at radius 1 is 1.24 bits per heavy atom. The van der Waals surface area contributed by atoms with Crippen LogP contribution < -0.4 is 5.73 Å². The number of aromatic nitrogens is 2. The molecule has 2 heterocycles. The van der Waals surface area contributed by atoms with E-state index in [0.717, 1.165) is 15.6 Å². The maximum Gasteiger partial charge on any atom is 0.102 e. The minimum Gasteiger partial charge on any atom is -0.324 e. The molecule has 2 N–H and O–H groups in total. The minimum atomic E-state index is 0.00975. The summed E-state index contributed by atoms with van der Waals surface area (Å²) in [4.78, 5) is 8.48. The van der Waals surface area contributed by atoms with Gasteiger partial charge in [0.05, 0.1) is 5.02 Å². The summed E-state index contributed by atoms with van der Waals surface area (Å²) in [6.45, 7) is 1.95. The van der Waals surface area contributed by atoms with Gasteiger partial charge in [-0.3, -0.25) is 0 Å². The number of halogens is 1. The van der Waals surface area contributed by atoms with Crippen molar-refractivity contribution in [3.63, 3.8) is 0 Å². The van der Waals surface area contributed by atoms with Crippen LogP contribution in [0.5, 0.6) is 0 Å². The lowest BCUT2D eigenvalue weighted by molar-refractivity contribution is 0.808. The molecular formula is C12H12ClN3S. The van der Waals surface area contributed by atoms with Crippen molar-refractivity contribution in [2.24, 2.45) is 5.73 Å². The molecule has 0 saturated heterocycles. The maximum atomic E-state index is 5.83. The topological polar surface area (TPSA) is 51.8 Å². The van der Waals surface area contributed by atoms with Crippen molar-refractivity contribution in [2.45, 2.75) is 23.0 Å². The highest BCUT2D eigenvalue weighted by molar-refractivity contribution is 7.99. The van der Waals surface area contributed by atoms with Gasteiger partial charge in [0.1, 0.15) is 10.1 Å². The zero-order valence-electron chi connectivity index (χ0n) is 9.30. The van der Waals surface area contributed by atoms with Gasteiger partial charge in [0.15, 0.2) is 0 Å². The number of pyridine rings is 2. The molecule has 5 heteroatoms. The van der Waals surface area contributed by atoms with Crippen molar-refractivity contribution < 1.29 is 0 Å². The van der Waals surface area contributed by atoms with Crippen molar-refractivity contribution in [3.8, 4) is 0 Å². The van der Waals surface area contributed by atoms with Crippen LogP contribution in [-0.2, 0) is 0 Å². The number of nitrogens with zero attached hydrogens (tertiary/aromatic N) is 2. The Morgan fingerprint density at radius 3 is 2.71 bits per heavy atom. The zero-order valence-corrected chi connectivity index (χ0v) is 10.9. The Balaban J connectivity index is 2.18. The monoisotopic (exact) mass is 265 g/mol. The van der Waals surface area contributed by atoms with E-state index in [1.165, 1.54) is 11.8 Å². The van der Waals surface area contributed by atoms with Crippen LogP contribution in [0.25, 0.3) is 0 Å². The van der Waals surface area contributed by atoms with Crippen LogP contribution in [-0.4, -0.2) is 9.97 Å². The first-order valence-electron chi connectivity index (χ1n) is 5.16. The summed E-state index contributed by atoms with van der Waals surface area (Å²) in [6, 6.07) is 7.59. The Hall–Kier alpha value is -1.10. The zero-order chi connectivity index (χ0) is 12.3. The predicted molar refractivity (Wildman–Crippen MR) is 70.2 cm³/mol. The van der Waals surface area contributed by atoms with Gasteiger partial charge in [-0.15, -0.1) is 0 Å². The number of nitrogens with two attached hydrogens (primary N) is 1. The van der Waals surface area contributed by atoms with Gasteiger partial charge in [0.2, 0.25) is 0 Å². The molecule has 0 aliphatic carbocycles. The highest BCUT2D eigenvalue weighted by Crippen LogP contribution is 2.26. The Labute approximate surface area is 109 Å². The Kier molecular flexibility index (Phi) is 3.99. The van der Waals surface area contributed by atoms with Gasteiger partial charge in [-0.2, -0.15) is 0 Å². The molecule has 2 rings (SSSR count). The second-order valence-electron chi connectivity index (χ2n) is 3.63. The summed E-state index contributed by atoms with van der Waals surface area (Å²) in [5, 5.41) is 2.38. The lowest BCUT2D eigenvalue weighted by Crippen LogP contribution is -2.04. The molecule has 0 spiro atoms. The fourth-order valence-electron chi connectivity index (χ4n) is 1.29. The first-order valence-corrected chi connectivity index (χ1v) is 6.35. The van der Waals surface area contributed by atoms with Gasteiger partial charge >= 0.3 is 0 Å².